The fraction of sp³-hybridized carbons (Fsp3) is 0.214. The molecule has 5 nitrogen and oxygen atoms in total. The molecule has 0 spiro atoms. The quantitative estimate of drug-likeness (QED) is 0.471. The van der Waals surface area contributed by atoms with E-state index in [1.807, 2.05) is 24.1 Å². The number of nitro groups is 1. The van der Waals surface area contributed by atoms with Crippen LogP contribution >= 0.6 is 22.9 Å². The molecule has 1 aromatic heterocycles. The lowest BCUT2D eigenvalue weighted by Gasteiger charge is -2.18. The van der Waals surface area contributed by atoms with Crippen molar-refractivity contribution in [2.45, 2.75) is 13.5 Å². The molecule has 21 heavy (non-hydrogen) atoms. The molecule has 0 amide bonds. The Balaban J connectivity index is 2.29. The van der Waals surface area contributed by atoms with Gasteiger partial charge in [-0.3, -0.25) is 14.9 Å². The maximum absolute atomic E-state index is 11.4. The van der Waals surface area contributed by atoms with Gasteiger partial charge in [-0.15, -0.1) is 11.3 Å². The lowest BCUT2D eigenvalue weighted by molar-refractivity contribution is -0.385. The number of benzene rings is 1. The van der Waals surface area contributed by atoms with Crippen molar-refractivity contribution in [2.24, 2.45) is 0 Å². The van der Waals surface area contributed by atoms with Crippen molar-refractivity contribution < 1.29 is 9.72 Å². The van der Waals surface area contributed by atoms with Crippen LogP contribution < -0.4 is 4.90 Å². The minimum absolute atomic E-state index is 0.122. The normalized spacial score (nSPS) is 10.4. The molecule has 0 aliphatic heterocycles. The minimum atomic E-state index is -0.532. The third-order valence-electron chi connectivity index (χ3n) is 3.02. The van der Waals surface area contributed by atoms with Crippen LogP contribution in [0.5, 0.6) is 0 Å². The third-order valence-corrected chi connectivity index (χ3v) is 4.24. The van der Waals surface area contributed by atoms with E-state index in [0.29, 0.717) is 16.6 Å². The number of thiophene rings is 1. The molecule has 0 bridgehead atoms. The van der Waals surface area contributed by atoms with Gasteiger partial charge in [-0.05, 0) is 31.2 Å². The van der Waals surface area contributed by atoms with E-state index in [9.17, 15) is 14.9 Å². The number of carbonyl (C=O) groups excluding carboxylic acids is 1. The van der Waals surface area contributed by atoms with Crippen LogP contribution in [-0.4, -0.2) is 17.8 Å². The van der Waals surface area contributed by atoms with Crippen LogP contribution in [-0.2, 0) is 6.54 Å². The zero-order valence-electron chi connectivity index (χ0n) is 11.5. The fourth-order valence-electron chi connectivity index (χ4n) is 1.97. The number of Topliss-reactive ketones (excluding diaryl/α,β-unsaturated/α-hetero) is 1. The second-order valence-electron chi connectivity index (χ2n) is 4.58. The van der Waals surface area contributed by atoms with Crippen molar-refractivity contribution in [3.63, 3.8) is 0 Å². The number of carbonyl (C=O) groups is 1. The first-order valence-corrected chi connectivity index (χ1v) is 7.32. The van der Waals surface area contributed by atoms with Gasteiger partial charge in [0.15, 0.2) is 5.78 Å². The van der Waals surface area contributed by atoms with E-state index < -0.39 is 4.92 Å². The lowest BCUT2D eigenvalue weighted by Crippen LogP contribution is -2.16. The van der Waals surface area contributed by atoms with Gasteiger partial charge in [0.25, 0.3) is 5.69 Å². The summed E-state index contributed by atoms with van der Waals surface area (Å²) in [4.78, 5) is 24.9. The minimum Gasteiger partial charge on any atom is -0.369 e. The first kappa shape index (κ1) is 15.5. The van der Waals surface area contributed by atoms with Gasteiger partial charge in [0.2, 0.25) is 0 Å². The van der Waals surface area contributed by atoms with Crippen molar-refractivity contribution in [3.8, 4) is 0 Å². The zero-order chi connectivity index (χ0) is 15.6. The molecule has 0 fully saturated rings. The number of hydrogen-bond acceptors (Lipinski definition) is 5. The highest BCUT2D eigenvalue weighted by Gasteiger charge is 2.19. The number of nitro benzene ring substituents is 1. The summed E-state index contributed by atoms with van der Waals surface area (Å²) >= 11 is 7.35. The second-order valence-corrected chi connectivity index (χ2v) is 6.38. The fourth-order valence-corrected chi connectivity index (χ4v) is 3.11. The predicted octanol–water partition coefficient (Wildman–Crippen LogP) is 4.15. The van der Waals surface area contributed by atoms with Crippen molar-refractivity contribution in [1.29, 1.82) is 0 Å². The Labute approximate surface area is 130 Å². The lowest BCUT2D eigenvalue weighted by atomic mass is 10.1. The van der Waals surface area contributed by atoms with Crippen LogP contribution in [0.4, 0.5) is 11.4 Å². The SMILES string of the molecule is CC(=O)c1ccc(N(C)Cc2ccc(Cl)s2)cc1[N+](=O)[O-]. The van der Waals surface area contributed by atoms with E-state index in [1.165, 1.54) is 30.4 Å². The average Bonchev–Trinajstić information content (AvgIpc) is 2.83. The molecule has 0 saturated carbocycles. The number of anilines is 1. The highest BCUT2D eigenvalue weighted by atomic mass is 35.5. The Morgan fingerprint density at radius 2 is 2.10 bits per heavy atom. The van der Waals surface area contributed by atoms with E-state index in [0.717, 1.165) is 4.88 Å². The van der Waals surface area contributed by atoms with Gasteiger partial charge < -0.3 is 4.90 Å². The molecular formula is C14H13ClN2O3S. The topological polar surface area (TPSA) is 63.5 Å². The van der Waals surface area contributed by atoms with Gasteiger partial charge in [-0.1, -0.05) is 11.6 Å². The molecule has 7 heteroatoms. The molecule has 0 aliphatic rings. The Morgan fingerprint density at radius 3 is 2.62 bits per heavy atom. The molecule has 0 aliphatic carbocycles. The van der Waals surface area contributed by atoms with E-state index in [1.54, 1.807) is 6.07 Å². The predicted molar refractivity (Wildman–Crippen MR) is 84.5 cm³/mol. The molecule has 0 atom stereocenters. The van der Waals surface area contributed by atoms with Crippen LogP contribution in [0.3, 0.4) is 0 Å². The summed E-state index contributed by atoms with van der Waals surface area (Å²) in [6.07, 6.45) is 0. The van der Waals surface area contributed by atoms with Gasteiger partial charge in [-0.25, -0.2) is 0 Å². The highest BCUT2D eigenvalue weighted by molar-refractivity contribution is 7.16. The van der Waals surface area contributed by atoms with Crippen LogP contribution in [0.1, 0.15) is 22.2 Å². The van der Waals surface area contributed by atoms with Crippen molar-refractivity contribution in [1.82, 2.24) is 0 Å². The van der Waals surface area contributed by atoms with Gasteiger partial charge in [0.05, 0.1) is 21.4 Å². The zero-order valence-corrected chi connectivity index (χ0v) is 13.1. The Morgan fingerprint density at radius 1 is 1.38 bits per heavy atom. The van der Waals surface area contributed by atoms with Crippen LogP contribution in [0.2, 0.25) is 4.34 Å². The Bertz CT molecular complexity index is 699. The summed E-state index contributed by atoms with van der Waals surface area (Å²) in [6.45, 7) is 1.91. The first-order valence-electron chi connectivity index (χ1n) is 6.13. The van der Waals surface area contributed by atoms with E-state index >= 15 is 0 Å². The maximum Gasteiger partial charge on any atom is 0.282 e. The molecule has 0 saturated heterocycles. The summed E-state index contributed by atoms with van der Waals surface area (Å²) < 4.78 is 0.705. The van der Waals surface area contributed by atoms with Crippen molar-refractivity contribution >= 4 is 40.1 Å². The monoisotopic (exact) mass is 324 g/mol. The van der Waals surface area contributed by atoms with Crippen LogP contribution in [0.25, 0.3) is 0 Å². The van der Waals surface area contributed by atoms with Gasteiger partial charge in [-0.2, -0.15) is 0 Å². The summed E-state index contributed by atoms with van der Waals surface area (Å²) in [6, 6.07) is 8.36. The van der Waals surface area contributed by atoms with Gasteiger partial charge in [0.1, 0.15) is 0 Å². The van der Waals surface area contributed by atoms with Gasteiger partial charge >= 0.3 is 0 Å². The molecule has 0 unspecified atom stereocenters. The molecule has 1 heterocycles. The Hall–Kier alpha value is -1.92. The molecule has 110 valence electrons. The van der Waals surface area contributed by atoms with Crippen molar-refractivity contribution in [3.05, 3.63) is 55.2 Å². The molecule has 2 rings (SSSR count). The Kier molecular flexibility index (Phi) is 4.59. The van der Waals surface area contributed by atoms with Crippen molar-refractivity contribution in [2.75, 3.05) is 11.9 Å². The number of hydrogen-bond donors (Lipinski definition) is 0. The summed E-state index contributed by atoms with van der Waals surface area (Å²) in [5.41, 5.74) is 0.628. The highest BCUT2D eigenvalue weighted by Crippen LogP contribution is 2.28. The number of rotatable bonds is 5. The average molecular weight is 325 g/mol. The summed E-state index contributed by atoms with van der Waals surface area (Å²) in [5.74, 6) is -0.319. The standard InChI is InChI=1S/C14H13ClN2O3S/c1-9(18)12-5-3-10(7-13(12)17(19)20)16(2)8-11-4-6-14(15)21-11/h3-7H,8H2,1-2H3. The van der Waals surface area contributed by atoms with E-state index in [2.05, 4.69) is 0 Å². The largest absolute Gasteiger partial charge is 0.369 e. The molecule has 0 radical (unpaired) electrons. The van der Waals surface area contributed by atoms with Crippen LogP contribution in [0, 0.1) is 10.1 Å². The summed E-state index contributed by atoms with van der Waals surface area (Å²) in [7, 11) is 1.83. The smallest absolute Gasteiger partial charge is 0.282 e. The molecule has 2 aromatic rings. The number of halogens is 1. The van der Waals surface area contributed by atoms with E-state index in [4.69, 9.17) is 11.6 Å². The molecule has 0 N–H and O–H groups in total. The third kappa shape index (κ3) is 3.59. The molecule has 1 aromatic carbocycles. The van der Waals surface area contributed by atoms with E-state index in [-0.39, 0.29) is 17.0 Å². The molecular weight excluding hydrogens is 312 g/mol. The van der Waals surface area contributed by atoms with Crippen LogP contribution in [0.15, 0.2) is 30.3 Å². The first-order chi connectivity index (χ1) is 9.88. The van der Waals surface area contributed by atoms with Gasteiger partial charge in [0, 0.05) is 23.7 Å². The number of nitrogens with zero attached hydrogens (tertiary/aromatic N) is 2. The second kappa shape index (κ2) is 6.24. The maximum atomic E-state index is 11.4. The summed E-state index contributed by atoms with van der Waals surface area (Å²) in [5, 5.41) is 11.1. The number of ketones is 1.